The molecule has 3 aliphatic heterocycles. The molecule has 1 amide bonds. The Morgan fingerprint density at radius 3 is 2.66 bits per heavy atom. The molecular formula is C28H38N4O3. The van der Waals surface area contributed by atoms with Crippen LogP contribution in [0.2, 0.25) is 0 Å². The molecule has 2 aromatic carbocycles. The summed E-state index contributed by atoms with van der Waals surface area (Å²) in [5.74, 6) is 0.969. The predicted octanol–water partition coefficient (Wildman–Crippen LogP) is 2.71. The van der Waals surface area contributed by atoms with Gasteiger partial charge in [-0.3, -0.25) is 9.69 Å². The maximum absolute atomic E-state index is 13.5. The maximum Gasteiger partial charge on any atom is 0.225 e. The minimum absolute atomic E-state index is 0.0764. The van der Waals surface area contributed by atoms with Gasteiger partial charge in [-0.1, -0.05) is 23.8 Å². The van der Waals surface area contributed by atoms with Crippen molar-refractivity contribution in [2.24, 2.45) is 5.92 Å². The quantitative estimate of drug-likeness (QED) is 0.618. The zero-order chi connectivity index (χ0) is 24.2. The first-order valence-corrected chi connectivity index (χ1v) is 13.0. The lowest BCUT2D eigenvalue weighted by molar-refractivity contribution is -0.125. The molecule has 1 N–H and O–H groups in total. The zero-order valence-corrected chi connectivity index (χ0v) is 21.0. The van der Waals surface area contributed by atoms with Gasteiger partial charge in [0.05, 0.1) is 32.3 Å². The number of carbonyl (C=O) groups is 1. The Morgan fingerprint density at radius 2 is 1.89 bits per heavy atom. The number of anilines is 2. The molecule has 7 heteroatoms. The molecule has 0 radical (unpaired) electrons. The van der Waals surface area contributed by atoms with Crippen molar-refractivity contribution in [3.63, 3.8) is 0 Å². The fourth-order valence-electron chi connectivity index (χ4n) is 5.66. The van der Waals surface area contributed by atoms with E-state index >= 15 is 0 Å². The lowest BCUT2D eigenvalue weighted by atomic mass is 9.83. The van der Waals surface area contributed by atoms with Crippen LogP contribution in [0.15, 0.2) is 42.5 Å². The summed E-state index contributed by atoms with van der Waals surface area (Å²) in [6, 6.07) is 15.2. The van der Waals surface area contributed by atoms with Crippen molar-refractivity contribution >= 4 is 17.3 Å². The molecular weight excluding hydrogens is 440 g/mol. The molecule has 3 heterocycles. The van der Waals surface area contributed by atoms with Crippen LogP contribution in [0.4, 0.5) is 11.4 Å². The van der Waals surface area contributed by atoms with E-state index in [1.807, 2.05) is 6.07 Å². The molecule has 7 nitrogen and oxygen atoms in total. The van der Waals surface area contributed by atoms with Crippen LogP contribution in [0.3, 0.4) is 0 Å². The molecule has 0 bridgehead atoms. The number of methoxy groups -OCH3 is 1. The molecule has 5 rings (SSSR count). The highest BCUT2D eigenvalue weighted by atomic mass is 16.5. The summed E-state index contributed by atoms with van der Waals surface area (Å²) < 4.78 is 11.0. The van der Waals surface area contributed by atoms with Gasteiger partial charge in [0, 0.05) is 56.7 Å². The van der Waals surface area contributed by atoms with Gasteiger partial charge in [-0.2, -0.15) is 0 Å². The first-order chi connectivity index (χ1) is 17.1. The largest absolute Gasteiger partial charge is 0.497 e. The summed E-state index contributed by atoms with van der Waals surface area (Å²) in [4.78, 5) is 20.8. The number of hydrogen-bond donors (Lipinski definition) is 1. The third-order valence-electron chi connectivity index (χ3n) is 7.71. The Hall–Kier alpha value is -2.77. The van der Waals surface area contributed by atoms with Gasteiger partial charge in [0.15, 0.2) is 0 Å². The molecule has 2 aromatic rings. The van der Waals surface area contributed by atoms with Gasteiger partial charge in [-0.25, -0.2) is 0 Å². The number of carbonyl (C=O) groups excluding carboxylic acids is 1. The van der Waals surface area contributed by atoms with Crippen LogP contribution in [-0.2, 0) is 16.0 Å². The van der Waals surface area contributed by atoms with Gasteiger partial charge in [0.25, 0.3) is 0 Å². The smallest absolute Gasteiger partial charge is 0.225 e. The van der Waals surface area contributed by atoms with Gasteiger partial charge in [0.1, 0.15) is 5.75 Å². The summed E-state index contributed by atoms with van der Waals surface area (Å²) in [5, 5.41) is 3.27. The molecule has 2 fully saturated rings. The number of nitrogens with zero attached hydrogens (tertiary/aromatic N) is 3. The third kappa shape index (κ3) is 5.41. The van der Waals surface area contributed by atoms with Crippen LogP contribution < -0.4 is 19.9 Å². The second-order valence-electron chi connectivity index (χ2n) is 9.95. The topological polar surface area (TPSA) is 57.3 Å². The number of aryl methyl sites for hydroxylation is 1. The van der Waals surface area contributed by atoms with Crippen molar-refractivity contribution in [2.45, 2.75) is 25.8 Å². The summed E-state index contributed by atoms with van der Waals surface area (Å²) in [6.07, 6.45) is 1.73. The first-order valence-electron chi connectivity index (χ1n) is 13.0. The second kappa shape index (κ2) is 10.9. The number of fused-ring (bicyclic) bond motifs is 3. The van der Waals surface area contributed by atoms with Crippen LogP contribution in [0.5, 0.6) is 5.75 Å². The van der Waals surface area contributed by atoms with Crippen LogP contribution in [0.25, 0.3) is 0 Å². The normalized spacial score (nSPS) is 22.3. The Bertz CT molecular complexity index is 1010. The molecule has 2 saturated heterocycles. The molecule has 35 heavy (non-hydrogen) atoms. The Kier molecular flexibility index (Phi) is 7.44. The zero-order valence-electron chi connectivity index (χ0n) is 21.0. The SMILES string of the molecule is COc1ccc2c(c1)N1CCN(c3ccc(C)cc3)CC1C(C(=O)NCCCN1CCOCC1)C2. The van der Waals surface area contributed by atoms with Gasteiger partial charge in [0.2, 0.25) is 5.91 Å². The van der Waals surface area contributed by atoms with E-state index in [0.717, 1.165) is 77.6 Å². The monoisotopic (exact) mass is 478 g/mol. The molecule has 0 spiro atoms. The van der Waals surface area contributed by atoms with E-state index in [2.05, 4.69) is 63.3 Å². The molecule has 2 atom stereocenters. The van der Waals surface area contributed by atoms with E-state index in [0.29, 0.717) is 0 Å². The third-order valence-corrected chi connectivity index (χ3v) is 7.71. The van der Waals surface area contributed by atoms with Crippen molar-refractivity contribution in [3.8, 4) is 5.75 Å². The fourth-order valence-corrected chi connectivity index (χ4v) is 5.66. The fraction of sp³-hybridized carbons (Fsp3) is 0.536. The van der Waals surface area contributed by atoms with Crippen molar-refractivity contribution in [3.05, 3.63) is 53.6 Å². The number of hydrogen-bond acceptors (Lipinski definition) is 6. The van der Waals surface area contributed by atoms with Crippen molar-refractivity contribution in [1.82, 2.24) is 10.2 Å². The van der Waals surface area contributed by atoms with Gasteiger partial charge in [-0.05, 0) is 50.1 Å². The van der Waals surface area contributed by atoms with Crippen molar-refractivity contribution in [1.29, 1.82) is 0 Å². The highest BCUT2D eigenvalue weighted by Gasteiger charge is 2.41. The highest BCUT2D eigenvalue weighted by Crippen LogP contribution is 2.39. The minimum Gasteiger partial charge on any atom is -0.497 e. The van der Waals surface area contributed by atoms with Crippen LogP contribution in [0, 0.1) is 12.8 Å². The molecule has 0 aromatic heterocycles. The minimum atomic E-state index is -0.0764. The van der Waals surface area contributed by atoms with Crippen LogP contribution in [0.1, 0.15) is 17.5 Å². The Morgan fingerprint density at radius 1 is 1.09 bits per heavy atom. The molecule has 3 aliphatic rings. The van der Waals surface area contributed by atoms with Crippen molar-refractivity contribution < 1.29 is 14.3 Å². The summed E-state index contributed by atoms with van der Waals surface area (Å²) >= 11 is 0. The average molecular weight is 479 g/mol. The van der Waals surface area contributed by atoms with Gasteiger partial charge >= 0.3 is 0 Å². The number of piperazine rings is 1. The lowest BCUT2D eigenvalue weighted by Gasteiger charge is -2.49. The molecule has 188 valence electrons. The maximum atomic E-state index is 13.5. The Balaban J connectivity index is 1.30. The van der Waals surface area contributed by atoms with E-state index in [9.17, 15) is 4.79 Å². The number of rotatable bonds is 7. The van der Waals surface area contributed by atoms with E-state index < -0.39 is 0 Å². The van der Waals surface area contributed by atoms with Gasteiger partial charge in [-0.15, -0.1) is 0 Å². The number of nitrogens with one attached hydrogen (secondary N) is 1. The highest BCUT2D eigenvalue weighted by molar-refractivity contribution is 5.82. The van der Waals surface area contributed by atoms with Crippen molar-refractivity contribution in [2.75, 3.05) is 75.9 Å². The summed E-state index contributed by atoms with van der Waals surface area (Å²) in [5.41, 5.74) is 4.95. The van der Waals surface area contributed by atoms with Crippen LogP contribution >= 0.6 is 0 Å². The van der Waals surface area contributed by atoms with E-state index in [1.54, 1.807) is 7.11 Å². The predicted molar refractivity (Wildman–Crippen MR) is 140 cm³/mol. The molecule has 2 unspecified atom stereocenters. The summed E-state index contributed by atoms with van der Waals surface area (Å²) in [6.45, 7) is 10.1. The second-order valence-corrected chi connectivity index (χ2v) is 9.95. The first kappa shape index (κ1) is 23.9. The number of ether oxygens (including phenoxy) is 2. The number of benzene rings is 2. The Labute approximate surface area is 209 Å². The number of amides is 1. The molecule has 0 aliphatic carbocycles. The average Bonchev–Trinajstić information content (AvgIpc) is 2.91. The van der Waals surface area contributed by atoms with Crippen LogP contribution in [-0.4, -0.2) is 83.0 Å². The number of morpholine rings is 1. The van der Waals surface area contributed by atoms with E-state index in [-0.39, 0.29) is 17.9 Å². The standard InChI is InChI=1S/C28H38N4O3/c1-21-4-7-23(8-5-21)31-12-13-32-26-19-24(34-2)9-6-22(26)18-25(27(32)20-31)28(33)29-10-3-11-30-14-16-35-17-15-30/h4-9,19,25,27H,3,10-18,20H2,1-2H3,(H,29,33). The molecule has 0 saturated carbocycles. The lowest BCUT2D eigenvalue weighted by Crippen LogP contribution is -2.61. The van der Waals surface area contributed by atoms with E-state index in [4.69, 9.17) is 9.47 Å². The van der Waals surface area contributed by atoms with Gasteiger partial charge < -0.3 is 24.6 Å². The summed E-state index contributed by atoms with van der Waals surface area (Å²) in [7, 11) is 1.71. The van der Waals surface area contributed by atoms with E-state index in [1.165, 1.54) is 22.5 Å².